The van der Waals surface area contributed by atoms with Gasteiger partial charge < -0.3 is 0 Å². The molecule has 0 saturated carbocycles. The van der Waals surface area contributed by atoms with Crippen molar-refractivity contribution in [3.8, 4) is 0 Å². The van der Waals surface area contributed by atoms with E-state index in [0.29, 0.717) is 17.6 Å². The van der Waals surface area contributed by atoms with E-state index in [1.54, 1.807) is 12.1 Å². The monoisotopic (exact) mass is 381 g/mol. The van der Waals surface area contributed by atoms with Gasteiger partial charge in [-0.1, -0.05) is 12.1 Å². The summed E-state index contributed by atoms with van der Waals surface area (Å²) in [5.74, 6) is -0.279. The highest BCUT2D eigenvalue weighted by atomic mass is 32.2. The lowest BCUT2D eigenvalue weighted by Gasteiger charge is -2.10. The van der Waals surface area contributed by atoms with Crippen LogP contribution in [0, 0.1) is 0 Å². The van der Waals surface area contributed by atoms with E-state index in [2.05, 4.69) is 4.98 Å². The molecular formula is C18H14F3NO3S. The number of hydrogen-bond acceptors (Lipinski definition) is 4. The third-order valence-corrected chi connectivity index (χ3v) is 5.29. The number of allylic oxidation sites excluding steroid dienone is 2. The van der Waals surface area contributed by atoms with Gasteiger partial charge in [0.2, 0.25) is 0 Å². The van der Waals surface area contributed by atoms with Crippen molar-refractivity contribution in [1.29, 1.82) is 0 Å². The first-order valence-corrected chi connectivity index (χ1v) is 9.57. The molecule has 0 fully saturated rings. The summed E-state index contributed by atoms with van der Waals surface area (Å²) in [5.41, 5.74) is 0.425. The van der Waals surface area contributed by atoms with Gasteiger partial charge in [-0.3, -0.25) is 9.78 Å². The molecule has 4 nitrogen and oxygen atoms in total. The first kappa shape index (κ1) is 18.3. The second kappa shape index (κ2) is 6.35. The second-order valence-corrected chi connectivity index (χ2v) is 8.02. The minimum absolute atomic E-state index is 0.0236. The summed E-state index contributed by atoms with van der Waals surface area (Å²) in [6.45, 7) is 0. The lowest BCUT2D eigenvalue weighted by Crippen LogP contribution is -2.07. The molecule has 0 atom stereocenters. The average Bonchev–Trinajstić information content (AvgIpc) is 2.95. The van der Waals surface area contributed by atoms with Crippen LogP contribution in [0.1, 0.15) is 29.7 Å². The van der Waals surface area contributed by atoms with Crippen LogP contribution in [0.3, 0.4) is 0 Å². The Hall–Kier alpha value is -2.48. The third kappa shape index (κ3) is 3.55. The maximum absolute atomic E-state index is 12.9. The average molecular weight is 381 g/mol. The molecule has 26 heavy (non-hydrogen) atoms. The minimum atomic E-state index is -4.53. The number of carbonyl (C=O) groups is 1. The lowest BCUT2D eigenvalue weighted by atomic mass is 9.99. The number of alkyl halides is 3. The van der Waals surface area contributed by atoms with Crippen LogP contribution in [-0.4, -0.2) is 25.4 Å². The quantitative estimate of drug-likeness (QED) is 0.812. The van der Waals surface area contributed by atoms with Gasteiger partial charge in [0.15, 0.2) is 15.6 Å². The Balaban J connectivity index is 2.11. The van der Waals surface area contributed by atoms with Crippen molar-refractivity contribution < 1.29 is 26.4 Å². The van der Waals surface area contributed by atoms with Crippen molar-refractivity contribution >= 4 is 26.8 Å². The molecule has 0 unspecified atom stereocenters. The van der Waals surface area contributed by atoms with Crippen LogP contribution in [0.2, 0.25) is 0 Å². The van der Waals surface area contributed by atoms with E-state index in [1.807, 2.05) is 0 Å². The van der Waals surface area contributed by atoms with Crippen molar-refractivity contribution in [2.45, 2.75) is 23.9 Å². The Kier molecular flexibility index (Phi) is 4.47. The molecule has 1 aromatic heterocycles. The molecule has 1 aromatic carbocycles. The van der Waals surface area contributed by atoms with Gasteiger partial charge in [-0.2, -0.15) is 13.2 Å². The summed E-state index contributed by atoms with van der Waals surface area (Å²) in [5, 5.41) is 0. The Morgan fingerprint density at radius 2 is 1.69 bits per heavy atom. The molecule has 0 N–H and O–H groups in total. The number of sulfone groups is 1. The highest BCUT2D eigenvalue weighted by Crippen LogP contribution is 2.38. The Morgan fingerprint density at radius 3 is 2.27 bits per heavy atom. The number of Topliss-reactive ketones (excluding diaryl/α,β-unsaturated/α-hetero) is 1. The maximum atomic E-state index is 12.9. The third-order valence-electron chi connectivity index (χ3n) is 4.16. The van der Waals surface area contributed by atoms with E-state index in [1.165, 1.54) is 12.1 Å². The van der Waals surface area contributed by atoms with Gasteiger partial charge in [0.25, 0.3) is 0 Å². The summed E-state index contributed by atoms with van der Waals surface area (Å²) in [4.78, 5) is 16.3. The normalized spacial score (nSPS) is 15.6. The summed E-state index contributed by atoms with van der Waals surface area (Å²) in [6.07, 6.45) is -1.88. The largest absolute Gasteiger partial charge is 0.416 e. The van der Waals surface area contributed by atoms with E-state index in [-0.39, 0.29) is 28.4 Å². The standard InChI is InChI=1S/C18H14F3NO3S/c1-26(24,25)13-4-2-11(3-5-13)14-6-7-16(23)17(14)15-10-12(8-9-22-15)18(19,20)21/h2-5,8-10H,6-7H2,1H3. The fourth-order valence-electron chi connectivity index (χ4n) is 2.89. The van der Waals surface area contributed by atoms with Gasteiger partial charge >= 0.3 is 6.18 Å². The summed E-state index contributed by atoms with van der Waals surface area (Å²) < 4.78 is 61.9. The molecule has 1 aliphatic carbocycles. The molecule has 0 amide bonds. The van der Waals surface area contributed by atoms with Crippen LogP contribution < -0.4 is 0 Å². The molecule has 1 aliphatic rings. The Morgan fingerprint density at radius 1 is 1.04 bits per heavy atom. The highest BCUT2D eigenvalue weighted by molar-refractivity contribution is 7.90. The van der Waals surface area contributed by atoms with Crippen molar-refractivity contribution in [2.24, 2.45) is 0 Å². The maximum Gasteiger partial charge on any atom is 0.416 e. The Labute approximate surface area is 148 Å². The summed E-state index contributed by atoms with van der Waals surface area (Å²) in [7, 11) is -3.36. The minimum Gasteiger partial charge on any atom is -0.294 e. The van der Waals surface area contributed by atoms with Gasteiger partial charge in [-0.05, 0) is 41.8 Å². The second-order valence-electron chi connectivity index (χ2n) is 6.00. The number of aromatic nitrogens is 1. The molecule has 1 heterocycles. The molecule has 2 aromatic rings. The number of carbonyl (C=O) groups excluding carboxylic acids is 1. The zero-order chi connectivity index (χ0) is 19.1. The molecule has 0 bridgehead atoms. The van der Waals surface area contributed by atoms with Crippen molar-refractivity contribution in [3.63, 3.8) is 0 Å². The topological polar surface area (TPSA) is 64.1 Å². The van der Waals surface area contributed by atoms with E-state index in [9.17, 15) is 26.4 Å². The first-order chi connectivity index (χ1) is 12.1. The molecule has 8 heteroatoms. The van der Waals surface area contributed by atoms with E-state index < -0.39 is 21.6 Å². The van der Waals surface area contributed by atoms with Crippen LogP contribution in [0.4, 0.5) is 13.2 Å². The van der Waals surface area contributed by atoms with Gasteiger partial charge in [0.05, 0.1) is 16.2 Å². The fourth-order valence-corrected chi connectivity index (χ4v) is 3.52. The number of hydrogen-bond donors (Lipinski definition) is 0. The zero-order valence-electron chi connectivity index (χ0n) is 13.7. The van der Waals surface area contributed by atoms with Crippen LogP contribution in [0.15, 0.2) is 47.5 Å². The molecule has 0 radical (unpaired) electrons. The molecule has 136 valence electrons. The Bertz CT molecular complexity index is 1010. The summed E-state index contributed by atoms with van der Waals surface area (Å²) in [6, 6.07) is 7.65. The summed E-state index contributed by atoms with van der Waals surface area (Å²) >= 11 is 0. The van der Waals surface area contributed by atoms with Gasteiger partial charge in [0, 0.05) is 24.4 Å². The number of pyridine rings is 1. The number of benzene rings is 1. The van der Waals surface area contributed by atoms with Crippen LogP contribution in [0.5, 0.6) is 0 Å². The highest BCUT2D eigenvalue weighted by Gasteiger charge is 2.33. The first-order valence-electron chi connectivity index (χ1n) is 7.68. The number of ketones is 1. The number of nitrogens with zero attached hydrogens (tertiary/aromatic N) is 1. The smallest absolute Gasteiger partial charge is 0.294 e. The predicted octanol–water partition coefficient (Wildman–Crippen LogP) is 3.78. The van der Waals surface area contributed by atoms with Crippen LogP contribution in [-0.2, 0) is 20.8 Å². The van der Waals surface area contributed by atoms with Gasteiger partial charge in [-0.25, -0.2) is 8.42 Å². The predicted molar refractivity (Wildman–Crippen MR) is 89.8 cm³/mol. The van der Waals surface area contributed by atoms with E-state index in [4.69, 9.17) is 0 Å². The number of halogens is 3. The van der Waals surface area contributed by atoms with Crippen molar-refractivity contribution in [1.82, 2.24) is 4.98 Å². The molecule has 0 aliphatic heterocycles. The molecule has 0 spiro atoms. The zero-order valence-corrected chi connectivity index (χ0v) is 14.5. The van der Waals surface area contributed by atoms with Crippen molar-refractivity contribution in [2.75, 3.05) is 6.26 Å². The van der Waals surface area contributed by atoms with E-state index in [0.717, 1.165) is 24.6 Å². The van der Waals surface area contributed by atoms with Gasteiger partial charge in [0.1, 0.15) is 0 Å². The van der Waals surface area contributed by atoms with Gasteiger partial charge in [-0.15, -0.1) is 0 Å². The van der Waals surface area contributed by atoms with Crippen LogP contribution >= 0.6 is 0 Å². The SMILES string of the molecule is CS(=O)(=O)c1ccc(C2=C(c3cc(C(F)(F)F)ccn3)C(=O)CC2)cc1. The lowest BCUT2D eigenvalue weighted by molar-refractivity contribution is -0.137. The number of rotatable bonds is 3. The van der Waals surface area contributed by atoms with Crippen LogP contribution in [0.25, 0.3) is 11.1 Å². The molecule has 0 saturated heterocycles. The molecular weight excluding hydrogens is 367 g/mol. The van der Waals surface area contributed by atoms with E-state index >= 15 is 0 Å². The van der Waals surface area contributed by atoms with Crippen molar-refractivity contribution in [3.05, 3.63) is 59.4 Å². The molecule has 3 rings (SSSR count). The fraction of sp³-hybridized carbons (Fsp3) is 0.222.